The first kappa shape index (κ1) is 34.6. The van der Waals surface area contributed by atoms with Gasteiger partial charge in [0, 0.05) is 12.0 Å². The van der Waals surface area contributed by atoms with Crippen molar-refractivity contribution in [1.82, 2.24) is 30.0 Å². The molecule has 11 nitrogen and oxygen atoms in total. The zero-order chi connectivity index (χ0) is 36.7. The molecule has 0 spiro atoms. The van der Waals surface area contributed by atoms with Gasteiger partial charge in [0.15, 0.2) is 11.5 Å². The van der Waals surface area contributed by atoms with Crippen molar-refractivity contribution < 1.29 is 23.4 Å². The molecule has 0 atom stereocenters. The van der Waals surface area contributed by atoms with E-state index < -0.39 is 0 Å². The van der Waals surface area contributed by atoms with Crippen LogP contribution in [0.5, 0.6) is 23.0 Å². The second kappa shape index (κ2) is 15.6. The first-order valence-corrected chi connectivity index (χ1v) is 18.0. The van der Waals surface area contributed by atoms with E-state index in [1.807, 2.05) is 107 Å². The van der Waals surface area contributed by atoms with Gasteiger partial charge in [0.2, 0.25) is 0 Å². The Bertz CT molecular complexity index is 2160. The largest absolute Gasteiger partial charge is 0.493 e. The van der Waals surface area contributed by atoms with Crippen molar-refractivity contribution in [1.29, 1.82) is 0 Å². The normalized spacial score (nSPS) is 13.2. The number of rotatable bonds is 14. The van der Waals surface area contributed by atoms with Gasteiger partial charge in [-0.15, -0.1) is 10.2 Å². The van der Waals surface area contributed by atoms with Crippen molar-refractivity contribution in [3.05, 3.63) is 167 Å². The Hall–Kier alpha value is -6.46. The Balaban J connectivity index is 1.00. The number of aromatic nitrogens is 6. The van der Waals surface area contributed by atoms with Gasteiger partial charge < -0.3 is 23.4 Å². The molecule has 0 amide bonds. The van der Waals surface area contributed by atoms with Crippen LogP contribution in [0.4, 0.5) is 0 Å². The van der Waals surface area contributed by atoms with Crippen LogP contribution in [0, 0.1) is 0 Å². The summed E-state index contributed by atoms with van der Waals surface area (Å²) in [5.74, 6) is 3.17. The molecule has 0 saturated heterocycles. The molecule has 0 bridgehead atoms. The van der Waals surface area contributed by atoms with Crippen molar-refractivity contribution in [2.45, 2.75) is 39.3 Å². The van der Waals surface area contributed by atoms with E-state index in [0.717, 1.165) is 76.4 Å². The van der Waals surface area contributed by atoms with Gasteiger partial charge in [0.25, 0.3) is 0 Å². The molecule has 0 saturated carbocycles. The molecule has 5 aromatic carbocycles. The van der Waals surface area contributed by atoms with E-state index in [4.69, 9.17) is 18.9 Å². The van der Waals surface area contributed by atoms with Crippen LogP contribution in [0.1, 0.15) is 33.6 Å². The van der Waals surface area contributed by atoms with E-state index in [1.54, 1.807) is 14.2 Å². The number of fused-ring (bicyclic) bond motifs is 1. The third-order valence-electron chi connectivity index (χ3n) is 9.84. The summed E-state index contributed by atoms with van der Waals surface area (Å²) < 4.78 is 27.6. The lowest BCUT2D eigenvalue weighted by Crippen LogP contribution is -2.49. The first-order chi connectivity index (χ1) is 26.5. The minimum Gasteiger partial charge on any atom is -0.493 e. The molecule has 7 aromatic rings. The SMILES string of the molecule is COc1cc2c(cc1OC)C[N+](Cc1cn(-c3ccc(COc4ccccc4)cc3)nn1)(Cc1cn(-c3ccc(COc4ccccc4)cc3)nn1)CC2. The van der Waals surface area contributed by atoms with Crippen molar-refractivity contribution in [3.8, 4) is 34.4 Å². The van der Waals surface area contributed by atoms with Crippen molar-refractivity contribution in [3.63, 3.8) is 0 Å². The summed E-state index contributed by atoms with van der Waals surface area (Å²) in [6.07, 6.45) is 4.93. The minimum atomic E-state index is 0.491. The number of benzene rings is 5. The highest BCUT2D eigenvalue weighted by molar-refractivity contribution is 5.48. The number of ether oxygens (including phenoxy) is 4. The monoisotopic (exact) mass is 720 g/mol. The summed E-state index contributed by atoms with van der Waals surface area (Å²) in [4.78, 5) is 0. The van der Waals surface area contributed by atoms with Crippen LogP contribution in [0.3, 0.4) is 0 Å². The molecule has 2 aromatic heterocycles. The average molecular weight is 721 g/mol. The number of nitrogens with zero attached hydrogens (tertiary/aromatic N) is 7. The van der Waals surface area contributed by atoms with Gasteiger partial charge in [-0.05, 0) is 77.4 Å². The maximum absolute atomic E-state index is 5.93. The summed E-state index contributed by atoms with van der Waals surface area (Å²) in [6, 6.07) is 40.3. The Kier molecular flexibility index (Phi) is 10.0. The number of quaternary nitrogens is 1. The van der Waals surface area contributed by atoms with Gasteiger partial charge in [-0.1, -0.05) is 71.1 Å². The van der Waals surface area contributed by atoms with Crippen molar-refractivity contribution in [2.75, 3.05) is 20.8 Å². The van der Waals surface area contributed by atoms with Crippen LogP contribution in [-0.4, -0.2) is 55.2 Å². The maximum atomic E-state index is 5.93. The lowest BCUT2D eigenvalue weighted by Gasteiger charge is -2.41. The molecule has 11 heteroatoms. The van der Waals surface area contributed by atoms with Crippen LogP contribution in [0.25, 0.3) is 11.4 Å². The Labute approximate surface area is 314 Å². The first-order valence-electron chi connectivity index (χ1n) is 18.0. The zero-order valence-electron chi connectivity index (χ0n) is 30.4. The summed E-state index contributed by atoms with van der Waals surface area (Å²) >= 11 is 0. The lowest BCUT2D eigenvalue weighted by molar-refractivity contribution is -0.968. The van der Waals surface area contributed by atoms with E-state index >= 15 is 0 Å². The smallest absolute Gasteiger partial charge is 0.161 e. The third kappa shape index (κ3) is 7.96. The molecular weight excluding hydrogens is 679 g/mol. The van der Waals surface area contributed by atoms with Crippen LogP contribution in [0.15, 0.2) is 134 Å². The molecule has 1 aliphatic heterocycles. The number of para-hydroxylation sites is 2. The zero-order valence-corrected chi connectivity index (χ0v) is 30.4. The molecular formula is C43H42N7O4+. The molecule has 0 fully saturated rings. The number of methoxy groups -OCH3 is 2. The van der Waals surface area contributed by atoms with Crippen molar-refractivity contribution >= 4 is 0 Å². The highest BCUT2D eigenvalue weighted by Gasteiger charge is 2.36. The fourth-order valence-corrected chi connectivity index (χ4v) is 7.00. The van der Waals surface area contributed by atoms with Gasteiger partial charge in [-0.2, -0.15) is 0 Å². The molecule has 0 N–H and O–H groups in total. The molecule has 0 radical (unpaired) electrons. The van der Waals surface area contributed by atoms with Crippen LogP contribution in [0.2, 0.25) is 0 Å². The minimum absolute atomic E-state index is 0.491. The second-order valence-electron chi connectivity index (χ2n) is 13.6. The van der Waals surface area contributed by atoms with E-state index in [1.165, 1.54) is 11.1 Å². The number of hydrogen-bond acceptors (Lipinski definition) is 8. The van der Waals surface area contributed by atoms with Gasteiger partial charge in [-0.3, -0.25) is 0 Å². The van der Waals surface area contributed by atoms with E-state index in [0.29, 0.717) is 30.8 Å². The topological polar surface area (TPSA) is 98.3 Å². The quantitative estimate of drug-likeness (QED) is 0.108. The molecule has 54 heavy (non-hydrogen) atoms. The predicted molar refractivity (Wildman–Crippen MR) is 204 cm³/mol. The lowest BCUT2D eigenvalue weighted by atomic mass is 9.96. The fraction of sp³-hybridized carbons (Fsp3) is 0.209. The number of hydrogen-bond donors (Lipinski definition) is 0. The van der Waals surface area contributed by atoms with E-state index in [-0.39, 0.29) is 0 Å². The molecule has 0 unspecified atom stereocenters. The third-order valence-corrected chi connectivity index (χ3v) is 9.84. The van der Waals surface area contributed by atoms with Gasteiger partial charge in [0.05, 0.1) is 44.5 Å². The van der Waals surface area contributed by atoms with Crippen LogP contribution in [-0.2, 0) is 39.3 Å². The molecule has 0 aliphatic carbocycles. The maximum Gasteiger partial charge on any atom is 0.161 e. The molecule has 8 rings (SSSR count). The highest BCUT2D eigenvalue weighted by atomic mass is 16.5. The van der Waals surface area contributed by atoms with Gasteiger partial charge in [0.1, 0.15) is 55.7 Å². The Morgan fingerprint density at radius 1 is 0.574 bits per heavy atom. The summed E-state index contributed by atoms with van der Waals surface area (Å²) in [7, 11) is 3.36. The molecule has 1 aliphatic rings. The summed E-state index contributed by atoms with van der Waals surface area (Å²) in [6.45, 7) is 3.96. The van der Waals surface area contributed by atoms with Gasteiger partial charge >= 0.3 is 0 Å². The highest BCUT2D eigenvalue weighted by Crippen LogP contribution is 2.37. The fourth-order valence-electron chi connectivity index (χ4n) is 7.00. The average Bonchev–Trinajstić information content (AvgIpc) is 3.89. The summed E-state index contributed by atoms with van der Waals surface area (Å²) in [5.41, 5.74) is 8.31. The standard InChI is InChI=1S/C43H42N7O4/c1-51-42-23-34-21-22-50(27-35(34)24-43(42)52-2,28-36-25-48(46-44-36)38-17-13-32(14-18-38)30-53-40-9-5-3-6-10-40)29-37-26-49(47-45-37)39-19-15-33(16-20-39)31-54-41-11-7-4-8-12-41/h3-20,23-26H,21-22,27-31H2,1-2H3/q+1. The molecule has 272 valence electrons. The van der Waals surface area contributed by atoms with E-state index in [9.17, 15) is 0 Å². The second-order valence-corrected chi connectivity index (χ2v) is 13.6. The predicted octanol–water partition coefficient (Wildman–Crippen LogP) is 7.30. The molecule has 3 heterocycles. The van der Waals surface area contributed by atoms with Crippen LogP contribution < -0.4 is 18.9 Å². The van der Waals surface area contributed by atoms with Crippen molar-refractivity contribution in [2.24, 2.45) is 0 Å². The van der Waals surface area contributed by atoms with Gasteiger partial charge in [-0.25, -0.2) is 9.36 Å². The van der Waals surface area contributed by atoms with E-state index in [2.05, 4.69) is 57.0 Å². The Morgan fingerprint density at radius 3 is 1.50 bits per heavy atom. The van der Waals surface area contributed by atoms with Crippen LogP contribution >= 0.6 is 0 Å². The summed E-state index contributed by atoms with van der Waals surface area (Å²) in [5, 5.41) is 18.4. The Morgan fingerprint density at radius 2 is 1.04 bits per heavy atom.